The highest BCUT2D eigenvalue weighted by Crippen LogP contribution is 2.20. The molecule has 164 valence electrons. The van der Waals surface area contributed by atoms with E-state index in [0.717, 1.165) is 17.2 Å². The van der Waals surface area contributed by atoms with Crippen LogP contribution in [0.5, 0.6) is 0 Å². The van der Waals surface area contributed by atoms with E-state index in [1.807, 2.05) is 19.9 Å². The number of carbonyl (C=O) groups is 2. The first-order valence-corrected chi connectivity index (χ1v) is 11.1. The van der Waals surface area contributed by atoms with E-state index in [4.69, 9.17) is 4.74 Å². The fourth-order valence-corrected chi connectivity index (χ4v) is 4.42. The van der Waals surface area contributed by atoms with Crippen LogP contribution in [0.25, 0.3) is 5.76 Å². The minimum Gasteiger partial charge on any atom is -0.507 e. The predicted octanol–water partition coefficient (Wildman–Crippen LogP) is 2.43. The van der Waals surface area contributed by atoms with Crippen LogP contribution in [0.15, 0.2) is 53.4 Å². The maximum Gasteiger partial charge on any atom is 0.296 e. The number of benzene rings is 2. The molecule has 2 N–H and O–H groups in total. The fraction of sp³-hybridized carbons (Fsp3) is 0.273. The first-order valence-electron chi connectivity index (χ1n) is 9.70. The summed E-state index contributed by atoms with van der Waals surface area (Å²) in [4.78, 5) is 24.4. The standard InChI is InChI=1S/C22H24N2O6S/c1-15-3-4-17(13-16(15)2)20(25)14-21(26)22(27)23-18-5-7-19(8-6-18)31(28,29)24-9-11-30-12-10-24/h3-8,13-14,25H,9-12H2,1-2H3,(H,23,27). The van der Waals surface area contributed by atoms with Crippen molar-refractivity contribution in [1.82, 2.24) is 4.31 Å². The van der Waals surface area contributed by atoms with Crippen molar-refractivity contribution in [3.8, 4) is 0 Å². The van der Waals surface area contributed by atoms with Crippen molar-refractivity contribution >= 4 is 33.2 Å². The Morgan fingerprint density at radius 2 is 1.68 bits per heavy atom. The molecular formula is C22H24N2O6S. The summed E-state index contributed by atoms with van der Waals surface area (Å²) in [5, 5.41) is 12.6. The molecule has 0 spiro atoms. The van der Waals surface area contributed by atoms with Crippen LogP contribution in [0.2, 0.25) is 0 Å². The number of aliphatic hydroxyl groups excluding tert-OH is 1. The Balaban J connectivity index is 1.67. The quantitative estimate of drug-likeness (QED) is 0.402. The van der Waals surface area contributed by atoms with Crippen LogP contribution in [0.3, 0.4) is 0 Å². The third-order valence-electron chi connectivity index (χ3n) is 5.01. The van der Waals surface area contributed by atoms with E-state index in [1.165, 1.54) is 28.6 Å². The van der Waals surface area contributed by atoms with E-state index in [9.17, 15) is 23.1 Å². The number of ether oxygens (including phenoxy) is 1. The summed E-state index contributed by atoms with van der Waals surface area (Å²) in [5.41, 5.74) is 2.68. The van der Waals surface area contributed by atoms with Crippen LogP contribution in [-0.2, 0) is 24.3 Å². The number of amides is 1. The number of sulfonamides is 1. The number of rotatable bonds is 6. The number of aliphatic hydroxyl groups is 1. The van der Waals surface area contributed by atoms with E-state index in [-0.39, 0.29) is 29.4 Å². The van der Waals surface area contributed by atoms with Gasteiger partial charge in [0, 0.05) is 30.4 Å². The Morgan fingerprint density at radius 3 is 2.29 bits per heavy atom. The number of aryl methyl sites for hydroxylation is 2. The summed E-state index contributed by atoms with van der Waals surface area (Å²) in [6.45, 7) is 5.06. The third kappa shape index (κ3) is 5.38. The molecule has 0 aromatic heterocycles. The largest absolute Gasteiger partial charge is 0.507 e. The molecule has 1 saturated heterocycles. The third-order valence-corrected chi connectivity index (χ3v) is 6.93. The van der Waals surface area contributed by atoms with Crippen molar-refractivity contribution < 1.29 is 27.9 Å². The molecule has 3 rings (SSSR count). The van der Waals surface area contributed by atoms with Gasteiger partial charge in [0.2, 0.25) is 15.8 Å². The smallest absolute Gasteiger partial charge is 0.296 e. The zero-order valence-corrected chi connectivity index (χ0v) is 18.1. The first-order chi connectivity index (χ1) is 14.7. The van der Waals surface area contributed by atoms with Gasteiger partial charge < -0.3 is 15.2 Å². The van der Waals surface area contributed by atoms with Crippen molar-refractivity contribution in [2.75, 3.05) is 31.6 Å². The summed E-state index contributed by atoms with van der Waals surface area (Å²) in [6, 6.07) is 10.7. The van der Waals surface area contributed by atoms with Gasteiger partial charge >= 0.3 is 0 Å². The molecule has 0 atom stereocenters. The zero-order chi connectivity index (χ0) is 22.6. The highest BCUT2D eigenvalue weighted by molar-refractivity contribution is 7.89. The molecule has 1 aliphatic rings. The van der Waals surface area contributed by atoms with Crippen molar-refractivity contribution in [3.05, 3.63) is 65.2 Å². The Bertz CT molecular complexity index is 1120. The van der Waals surface area contributed by atoms with Gasteiger partial charge in [-0.3, -0.25) is 9.59 Å². The van der Waals surface area contributed by atoms with Crippen LogP contribution in [0.1, 0.15) is 16.7 Å². The monoisotopic (exact) mass is 444 g/mol. The maximum absolute atomic E-state index is 12.6. The fourth-order valence-electron chi connectivity index (χ4n) is 3.01. The van der Waals surface area contributed by atoms with Crippen molar-refractivity contribution in [2.24, 2.45) is 0 Å². The van der Waals surface area contributed by atoms with E-state index in [1.54, 1.807) is 12.1 Å². The lowest BCUT2D eigenvalue weighted by Gasteiger charge is -2.26. The number of nitrogens with one attached hydrogen (secondary N) is 1. The van der Waals surface area contributed by atoms with E-state index >= 15 is 0 Å². The lowest BCUT2D eigenvalue weighted by Crippen LogP contribution is -2.40. The van der Waals surface area contributed by atoms with Crippen molar-refractivity contribution in [2.45, 2.75) is 18.7 Å². The topological polar surface area (TPSA) is 113 Å². The molecule has 1 heterocycles. The normalized spacial score (nSPS) is 15.5. The van der Waals surface area contributed by atoms with Crippen LogP contribution < -0.4 is 5.32 Å². The molecule has 1 amide bonds. The second-order valence-corrected chi connectivity index (χ2v) is 9.13. The minimum absolute atomic E-state index is 0.0889. The second kappa shape index (κ2) is 9.42. The molecule has 1 fully saturated rings. The summed E-state index contributed by atoms with van der Waals surface area (Å²) in [5.74, 6) is -2.19. The van der Waals surface area contributed by atoms with Gasteiger partial charge in [-0.25, -0.2) is 8.42 Å². The van der Waals surface area contributed by atoms with Gasteiger partial charge in [-0.15, -0.1) is 0 Å². The second-order valence-electron chi connectivity index (χ2n) is 7.19. The van der Waals surface area contributed by atoms with E-state index in [2.05, 4.69) is 5.32 Å². The molecular weight excluding hydrogens is 420 g/mol. The number of hydrogen-bond acceptors (Lipinski definition) is 6. The summed E-state index contributed by atoms with van der Waals surface area (Å²) >= 11 is 0. The summed E-state index contributed by atoms with van der Waals surface area (Å²) < 4.78 is 31.8. The van der Waals surface area contributed by atoms with Gasteiger partial charge in [0.1, 0.15) is 5.76 Å². The molecule has 8 nitrogen and oxygen atoms in total. The van der Waals surface area contributed by atoms with Gasteiger partial charge in [-0.1, -0.05) is 12.1 Å². The zero-order valence-electron chi connectivity index (χ0n) is 17.3. The van der Waals surface area contributed by atoms with Gasteiger partial charge in [0.15, 0.2) is 0 Å². The number of hydrogen-bond donors (Lipinski definition) is 2. The van der Waals surface area contributed by atoms with Crippen LogP contribution in [-0.4, -0.2) is 55.8 Å². The molecule has 0 aliphatic carbocycles. The SMILES string of the molecule is Cc1ccc(C(O)=CC(=O)C(=O)Nc2ccc(S(=O)(=O)N3CCOCC3)cc2)cc1C. The molecule has 9 heteroatoms. The van der Waals surface area contributed by atoms with Gasteiger partial charge in [-0.05, 0) is 55.3 Å². The molecule has 2 aromatic carbocycles. The molecule has 31 heavy (non-hydrogen) atoms. The minimum atomic E-state index is -3.65. The highest BCUT2D eigenvalue weighted by atomic mass is 32.2. The number of ketones is 1. The van der Waals surface area contributed by atoms with Gasteiger partial charge in [0.05, 0.1) is 18.1 Å². The van der Waals surface area contributed by atoms with Crippen LogP contribution in [0, 0.1) is 13.8 Å². The maximum atomic E-state index is 12.6. The molecule has 0 saturated carbocycles. The summed E-state index contributed by atoms with van der Waals surface area (Å²) in [6.07, 6.45) is 0.858. The average molecular weight is 445 g/mol. The molecule has 0 radical (unpaired) electrons. The van der Waals surface area contributed by atoms with Crippen LogP contribution in [0.4, 0.5) is 5.69 Å². The van der Waals surface area contributed by atoms with Gasteiger partial charge in [-0.2, -0.15) is 4.31 Å². The lowest BCUT2D eigenvalue weighted by atomic mass is 10.0. The average Bonchev–Trinajstić information content (AvgIpc) is 2.76. The summed E-state index contributed by atoms with van der Waals surface area (Å²) in [7, 11) is -3.65. The van der Waals surface area contributed by atoms with E-state index < -0.39 is 21.7 Å². The number of anilines is 1. The Morgan fingerprint density at radius 1 is 1.03 bits per heavy atom. The van der Waals surface area contributed by atoms with Gasteiger partial charge in [0.25, 0.3) is 5.91 Å². The Hall–Kier alpha value is -3.01. The van der Waals surface area contributed by atoms with E-state index in [0.29, 0.717) is 18.8 Å². The highest BCUT2D eigenvalue weighted by Gasteiger charge is 2.26. The number of carbonyl (C=O) groups excluding carboxylic acids is 2. The van der Waals surface area contributed by atoms with Crippen molar-refractivity contribution in [1.29, 1.82) is 0 Å². The Labute approximate surface area is 181 Å². The molecule has 0 bridgehead atoms. The molecule has 2 aromatic rings. The number of nitrogens with zero attached hydrogens (tertiary/aromatic N) is 1. The number of morpholine rings is 1. The first kappa shape index (κ1) is 22.7. The predicted molar refractivity (Wildman–Crippen MR) is 116 cm³/mol. The Kier molecular flexibility index (Phi) is 6.89. The molecule has 0 unspecified atom stereocenters. The van der Waals surface area contributed by atoms with Crippen LogP contribution >= 0.6 is 0 Å². The lowest BCUT2D eigenvalue weighted by molar-refractivity contribution is -0.131. The van der Waals surface area contributed by atoms with Crippen molar-refractivity contribution in [3.63, 3.8) is 0 Å². The molecule has 1 aliphatic heterocycles.